The Kier molecular flexibility index (Phi) is 5.31. The van der Waals surface area contributed by atoms with Crippen LogP contribution in [-0.2, 0) is 6.54 Å². The molecule has 0 spiro atoms. The van der Waals surface area contributed by atoms with E-state index in [9.17, 15) is 0 Å². The van der Waals surface area contributed by atoms with Gasteiger partial charge in [0.2, 0.25) is 0 Å². The van der Waals surface area contributed by atoms with E-state index in [1.165, 1.54) is 64.2 Å². The van der Waals surface area contributed by atoms with Gasteiger partial charge in [-0.25, -0.2) is 0 Å². The fourth-order valence-corrected chi connectivity index (χ4v) is 4.88. The molecule has 152 valence electrons. The van der Waals surface area contributed by atoms with Gasteiger partial charge in [0, 0.05) is 13.1 Å². The molecular weight excluding hydrogens is 364 g/mol. The van der Waals surface area contributed by atoms with Gasteiger partial charge >= 0.3 is 0 Å². The molecule has 0 bridgehead atoms. The molecular formula is C28H30N2. The van der Waals surface area contributed by atoms with E-state index in [1.54, 1.807) is 0 Å². The molecule has 4 aromatic rings. The van der Waals surface area contributed by atoms with Gasteiger partial charge in [0.1, 0.15) is 0 Å². The van der Waals surface area contributed by atoms with Crippen molar-refractivity contribution in [3.05, 3.63) is 84.4 Å². The van der Waals surface area contributed by atoms with Crippen molar-refractivity contribution in [3.8, 4) is 0 Å². The molecule has 0 saturated heterocycles. The second-order valence-corrected chi connectivity index (χ2v) is 8.45. The summed E-state index contributed by atoms with van der Waals surface area (Å²) >= 11 is 0. The third-order valence-electron chi connectivity index (χ3n) is 6.42. The van der Waals surface area contributed by atoms with Crippen LogP contribution >= 0.6 is 0 Å². The first-order valence-electron chi connectivity index (χ1n) is 11.3. The Morgan fingerprint density at radius 3 is 1.93 bits per heavy atom. The summed E-state index contributed by atoms with van der Waals surface area (Å²) in [7, 11) is 0. The normalized spacial score (nSPS) is 13.4. The highest BCUT2D eigenvalue weighted by Gasteiger charge is 2.25. The smallest absolute Gasteiger partial charge is 0.0907 e. The van der Waals surface area contributed by atoms with Crippen LogP contribution in [0.1, 0.15) is 38.2 Å². The number of benzene rings is 4. The molecule has 4 aromatic carbocycles. The second-order valence-electron chi connectivity index (χ2n) is 8.45. The van der Waals surface area contributed by atoms with E-state index < -0.39 is 0 Å². The van der Waals surface area contributed by atoms with E-state index in [4.69, 9.17) is 0 Å². The highest BCUT2D eigenvalue weighted by atomic mass is 15.4. The zero-order valence-corrected chi connectivity index (χ0v) is 17.8. The van der Waals surface area contributed by atoms with Gasteiger partial charge in [-0.3, -0.25) is 0 Å². The molecule has 0 atom stereocenters. The summed E-state index contributed by atoms with van der Waals surface area (Å²) < 4.78 is 0. The summed E-state index contributed by atoms with van der Waals surface area (Å²) in [6.45, 7) is 5.33. The third kappa shape index (κ3) is 3.52. The maximum absolute atomic E-state index is 2.57. The number of unbranched alkanes of at least 4 members (excludes halogenated alkanes) is 3. The summed E-state index contributed by atoms with van der Waals surface area (Å²) in [4.78, 5) is 5.13. The molecule has 5 rings (SSSR count). The monoisotopic (exact) mass is 394 g/mol. The van der Waals surface area contributed by atoms with Crippen LogP contribution < -0.4 is 9.80 Å². The van der Waals surface area contributed by atoms with Crippen molar-refractivity contribution in [1.29, 1.82) is 0 Å². The fourth-order valence-electron chi connectivity index (χ4n) is 4.88. The Labute approximate surface area is 179 Å². The van der Waals surface area contributed by atoms with E-state index in [0.717, 1.165) is 19.8 Å². The van der Waals surface area contributed by atoms with Crippen LogP contribution in [0.3, 0.4) is 0 Å². The quantitative estimate of drug-likeness (QED) is 0.239. The maximum Gasteiger partial charge on any atom is 0.0907 e. The number of hydrogen-bond acceptors (Lipinski definition) is 2. The molecule has 30 heavy (non-hydrogen) atoms. The Balaban J connectivity index is 1.50. The van der Waals surface area contributed by atoms with Crippen molar-refractivity contribution in [2.45, 2.75) is 39.2 Å². The van der Waals surface area contributed by atoms with Gasteiger partial charge in [0.25, 0.3) is 0 Å². The lowest BCUT2D eigenvalue weighted by Gasteiger charge is -2.23. The molecule has 1 aliphatic heterocycles. The van der Waals surface area contributed by atoms with Gasteiger partial charge in [-0.15, -0.1) is 0 Å². The minimum absolute atomic E-state index is 0.935. The standard InChI is InChI=1S/C28H30N2/c1-2-3-4-11-18-29-21-30(28-17-10-9-16-27(28)29)20-26-24-14-7-5-12-22(24)19-23-13-6-8-15-25(23)26/h5-10,12-17,19H,2-4,11,18,20-21H2,1H3. The Hall–Kier alpha value is -3.00. The van der Waals surface area contributed by atoms with Crippen molar-refractivity contribution < 1.29 is 0 Å². The summed E-state index contributed by atoms with van der Waals surface area (Å²) in [6, 6.07) is 28.9. The van der Waals surface area contributed by atoms with Crippen molar-refractivity contribution in [2.75, 3.05) is 23.0 Å². The summed E-state index contributed by atoms with van der Waals surface area (Å²) in [5.41, 5.74) is 4.19. The summed E-state index contributed by atoms with van der Waals surface area (Å²) in [5, 5.41) is 5.40. The average Bonchev–Trinajstić information content (AvgIpc) is 3.14. The molecule has 1 aliphatic rings. The topological polar surface area (TPSA) is 6.48 Å². The largest absolute Gasteiger partial charge is 0.352 e. The zero-order valence-electron chi connectivity index (χ0n) is 17.8. The van der Waals surface area contributed by atoms with Crippen LogP contribution in [0.25, 0.3) is 21.5 Å². The average molecular weight is 395 g/mol. The number of rotatable bonds is 7. The molecule has 1 heterocycles. The number of fused-ring (bicyclic) bond motifs is 3. The van der Waals surface area contributed by atoms with Crippen LogP contribution in [0.4, 0.5) is 11.4 Å². The first-order chi connectivity index (χ1) is 14.8. The van der Waals surface area contributed by atoms with Gasteiger partial charge in [-0.1, -0.05) is 86.8 Å². The van der Waals surface area contributed by atoms with Gasteiger partial charge in [-0.2, -0.15) is 0 Å². The van der Waals surface area contributed by atoms with Crippen LogP contribution in [0.2, 0.25) is 0 Å². The van der Waals surface area contributed by atoms with Crippen molar-refractivity contribution >= 4 is 32.9 Å². The van der Waals surface area contributed by atoms with Crippen LogP contribution in [0.5, 0.6) is 0 Å². The Bertz CT molecular complexity index is 1110. The van der Waals surface area contributed by atoms with E-state index in [0.29, 0.717) is 0 Å². The molecule has 2 heteroatoms. The number of anilines is 2. The Morgan fingerprint density at radius 1 is 0.667 bits per heavy atom. The molecule has 0 radical (unpaired) electrons. The number of para-hydroxylation sites is 2. The molecule has 0 fully saturated rings. The van der Waals surface area contributed by atoms with Gasteiger partial charge in [-0.05, 0) is 51.7 Å². The van der Waals surface area contributed by atoms with Crippen LogP contribution in [0, 0.1) is 0 Å². The second kappa shape index (κ2) is 8.39. The minimum Gasteiger partial charge on any atom is -0.352 e. The van der Waals surface area contributed by atoms with Gasteiger partial charge < -0.3 is 9.80 Å². The lowest BCUT2D eigenvalue weighted by molar-refractivity contribution is 0.644. The summed E-state index contributed by atoms with van der Waals surface area (Å²) in [5.74, 6) is 0. The number of hydrogen-bond donors (Lipinski definition) is 0. The predicted molar refractivity (Wildman–Crippen MR) is 130 cm³/mol. The molecule has 0 unspecified atom stereocenters. The van der Waals surface area contributed by atoms with Gasteiger partial charge in [0.15, 0.2) is 0 Å². The van der Waals surface area contributed by atoms with E-state index in [2.05, 4.69) is 95.6 Å². The summed E-state index contributed by atoms with van der Waals surface area (Å²) in [6.07, 6.45) is 5.22. The first-order valence-corrected chi connectivity index (χ1v) is 11.3. The maximum atomic E-state index is 2.57. The van der Waals surface area contributed by atoms with E-state index in [1.807, 2.05) is 0 Å². The van der Waals surface area contributed by atoms with Crippen LogP contribution in [0.15, 0.2) is 78.9 Å². The van der Waals surface area contributed by atoms with Crippen molar-refractivity contribution in [2.24, 2.45) is 0 Å². The molecule has 2 nitrogen and oxygen atoms in total. The predicted octanol–water partition coefficient (Wildman–Crippen LogP) is 7.36. The molecule has 0 saturated carbocycles. The molecule has 0 aromatic heterocycles. The first kappa shape index (κ1) is 19.0. The van der Waals surface area contributed by atoms with Crippen molar-refractivity contribution in [3.63, 3.8) is 0 Å². The fraction of sp³-hybridized carbons (Fsp3) is 0.286. The highest BCUT2D eigenvalue weighted by Crippen LogP contribution is 2.38. The SMILES string of the molecule is CCCCCCN1CN(Cc2c3ccccc3cc3ccccc23)c2ccccc21. The van der Waals surface area contributed by atoms with E-state index >= 15 is 0 Å². The Morgan fingerprint density at radius 2 is 1.27 bits per heavy atom. The van der Waals surface area contributed by atoms with Crippen molar-refractivity contribution in [1.82, 2.24) is 0 Å². The minimum atomic E-state index is 0.935. The third-order valence-corrected chi connectivity index (χ3v) is 6.42. The lowest BCUT2D eigenvalue weighted by atomic mass is 9.96. The zero-order chi connectivity index (χ0) is 20.3. The van der Waals surface area contributed by atoms with Gasteiger partial charge in [0.05, 0.1) is 18.0 Å². The highest BCUT2D eigenvalue weighted by molar-refractivity contribution is 6.02. The molecule has 0 amide bonds. The molecule has 0 aliphatic carbocycles. The van der Waals surface area contributed by atoms with Crippen LogP contribution in [-0.4, -0.2) is 13.2 Å². The number of nitrogens with zero attached hydrogens (tertiary/aromatic N) is 2. The molecule has 0 N–H and O–H groups in total. The van der Waals surface area contributed by atoms with E-state index in [-0.39, 0.29) is 0 Å². The lowest BCUT2D eigenvalue weighted by Crippen LogP contribution is -2.31.